The highest BCUT2D eigenvalue weighted by Gasteiger charge is 1.99. The van der Waals surface area contributed by atoms with Crippen molar-refractivity contribution < 1.29 is 0 Å². The van der Waals surface area contributed by atoms with Crippen molar-refractivity contribution in [1.29, 1.82) is 0 Å². The van der Waals surface area contributed by atoms with E-state index >= 15 is 0 Å². The van der Waals surface area contributed by atoms with E-state index in [1.165, 1.54) is 0 Å². The SMILES string of the molecule is Cc1cc(N(C)C)ccc1C=NNC(N)=S. The summed E-state index contributed by atoms with van der Waals surface area (Å²) in [5.41, 5.74) is 11.1. The van der Waals surface area contributed by atoms with Gasteiger partial charge in [-0.2, -0.15) is 5.10 Å². The molecule has 5 heteroatoms. The summed E-state index contributed by atoms with van der Waals surface area (Å²) in [5, 5.41) is 4.09. The molecule has 0 fully saturated rings. The van der Waals surface area contributed by atoms with Crippen molar-refractivity contribution in [3.63, 3.8) is 0 Å². The number of aryl methyl sites for hydroxylation is 1. The van der Waals surface area contributed by atoms with E-state index in [-0.39, 0.29) is 5.11 Å². The van der Waals surface area contributed by atoms with Crippen LogP contribution >= 0.6 is 12.2 Å². The lowest BCUT2D eigenvalue weighted by Gasteiger charge is -2.13. The van der Waals surface area contributed by atoms with E-state index < -0.39 is 0 Å². The molecule has 1 aromatic rings. The van der Waals surface area contributed by atoms with Crippen molar-refractivity contribution >= 4 is 29.2 Å². The predicted octanol–water partition coefficient (Wildman–Crippen LogP) is 1.23. The number of benzene rings is 1. The maximum atomic E-state index is 5.26. The van der Waals surface area contributed by atoms with Gasteiger partial charge in [-0.3, -0.25) is 5.43 Å². The minimum absolute atomic E-state index is 0.166. The van der Waals surface area contributed by atoms with E-state index in [0.717, 1.165) is 16.8 Å². The van der Waals surface area contributed by atoms with Gasteiger partial charge >= 0.3 is 0 Å². The molecule has 0 saturated carbocycles. The van der Waals surface area contributed by atoms with Crippen molar-refractivity contribution in [2.45, 2.75) is 6.92 Å². The Morgan fingerprint density at radius 1 is 1.50 bits per heavy atom. The summed E-state index contributed by atoms with van der Waals surface area (Å²) >= 11 is 4.65. The van der Waals surface area contributed by atoms with Crippen molar-refractivity contribution in [1.82, 2.24) is 5.43 Å². The van der Waals surface area contributed by atoms with Gasteiger partial charge in [0.2, 0.25) is 0 Å². The average molecular weight is 236 g/mol. The molecule has 0 bridgehead atoms. The fourth-order valence-corrected chi connectivity index (χ4v) is 1.30. The monoisotopic (exact) mass is 236 g/mol. The molecular weight excluding hydrogens is 220 g/mol. The number of hydrogen-bond donors (Lipinski definition) is 2. The van der Waals surface area contributed by atoms with Crippen LogP contribution in [0, 0.1) is 6.92 Å². The Hall–Kier alpha value is -1.62. The lowest BCUT2D eigenvalue weighted by atomic mass is 10.1. The lowest BCUT2D eigenvalue weighted by Crippen LogP contribution is -2.24. The highest BCUT2D eigenvalue weighted by atomic mass is 32.1. The fourth-order valence-electron chi connectivity index (χ4n) is 1.25. The zero-order valence-electron chi connectivity index (χ0n) is 9.69. The number of hydrazone groups is 1. The number of nitrogens with two attached hydrogens (primary N) is 1. The molecule has 0 aliphatic rings. The van der Waals surface area contributed by atoms with Crippen LogP contribution in [0.4, 0.5) is 5.69 Å². The zero-order valence-corrected chi connectivity index (χ0v) is 10.5. The Morgan fingerprint density at radius 2 is 2.19 bits per heavy atom. The molecule has 1 rings (SSSR count). The maximum absolute atomic E-state index is 5.26. The second kappa shape index (κ2) is 5.46. The minimum atomic E-state index is 0.166. The fraction of sp³-hybridized carbons (Fsp3) is 0.273. The van der Waals surface area contributed by atoms with E-state index in [0.29, 0.717) is 0 Å². The Bertz CT molecular complexity index is 412. The van der Waals surface area contributed by atoms with E-state index in [9.17, 15) is 0 Å². The number of nitrogens with zero attached hydrogens (tertiary/aromatic N) is 2. The normalized spacial score (nSPS) is 10.4. The van der Waals surface area contributed by atoms with Crippen LogP contribution in [0.5, 0.6) is 0 Å². The van der Waals surface area contributed by atoms with Gasteiger partial charge < -0.3 is 10.6 Å². The van der Waals surface area contributed by atoms with Gasteiger partial charge in [-0.15, -0.1) is 0 Å². The molecule has 3 N–H and O–H groups in total. The molecule has 0 atom stereocenters. The molecule has 86 valence electrons. The highest BCUT2D eigenvalue weighted by Crippen LogP contribution is 2.15. The molecule has 0 heterocycles. The van der Waals surface area contributed by atoms with Crippen molar-refractivity contribution in [2.24, 2.45) is 10.8 Å². The third-order valence-electron chi connectivity index (χ3n) is 2.15. The molecule has 1 aromatic carbocycles. The molecule has 0 aliphatic heterocycles. The standard InChI is InChI=1S/C11H16N4S/c1-8-6-10(15(2)3)5-4-9(8)7-13-14-11(12)16/h4-7H,1-3H3,(H3,12,14,16). The summed E-state index contributed by atoms with van der Waals surface area (Å²) in [6.07, 6.45) is 1.70. The summed E-state index contributed by atoms with van der Waals surface area (Å²) in [6.45, 7) is 2.04. The number of rotatable bonds is 3. The Labute approximate surface area is 101 Å². The van der Waals surface area contributed by atoms with Crippen molar-refractivity contribution in [3.05, 3.63) is 29.3 Å². The Kier molecular flexibility index (Phi) is 4.25. The average Bonchev–Trinajstić information content (AvgIpc) is 2.19. The quantitative estimate of drug-likeness (QED) is 0.471. The first-order valence-electron chi connectivity index (χ1n) is 4.87. The van der Waals surface area contributed by atoms with E-state index in [2.05, 4.69) is 33.7 Å². The molecule has 0 unspecified atom stereocenters. The molecule has 0 spiro atoms. The topological polar surface area (TPSA) is 53.6 Å². The number of nitrogens with one attached hydrogen (secondary N) is 1. The number of anilines is 1. The van der Waals surface area contributed by atoms with Crippen LogP contribution in [0.25, 0.3) is 0 Å². The van der Waals surface area contributed by atoms with Gasteiger partial charge in [0.1, 0.15) is 0 Å². The third kappa shape index (κ3) is 3.51. The van der Waals surface area contributed by atoms with Crippen LogP contribution < -0.4 is 16.1 Å². The summed E-state index contributed by atoms with van der Waals surface area (Å²) in [7, 11) is 4.02. The van der Waals surface area contributed by atoms with Gasteiger partial charge in [0.25, 0.3) is 0 Å². The number of hydrogen-bond acceptors (Lipinski definition) is 3. The molecule has 0 radical (unpaired) electrons. The minimum Gasteiger partial charge on any atom is -0.378 e. The first kappa shape index (κ1) is 12.4. The van der Waals surface area contributed by atoms with Crippen LogP contribution in [-0.4, -0.2) is 25.4 Å². The molecular formula is C11H16N4S. The van der Waals surface area contributed by atoms with Crippen LogP contribution in [0.1, 0.15) is 11.1 Å². The van der Waals surface area contributed by atoms with Crippen LogP contribution in [0.2, 0.25) is 0 Å². The predicted molar refractivity (Wildman–Crippen MR) is 73.0 cm³/mol. The van der Waals surface area contributed by atoms with Gasteiger partial charge in [0.15, 0.2) is 5.11 Å². The Balaban J connectivity index is 2.83. The van der Waals surface area contributed by atoms with Gasteiger partial charge in [-0.1, -0.05) is 6.07 Å². The molecule has 4 nitrogen and oxygen atoms in total. The van der Waals surface area contributed by atoms with Crippen molar-refractivity contribution in [3.8, 4) is 0 Å². The van der Waals surface area contributed by atoms with Gasteiger partial charge in [-0.25, -0.2) is 0 Å². The second-order valence-electron chi connectivity index (χ2n) is 3.67. The maximum Gasteiger partial charge on any atom is 0.184 e. The van der Waals surface area contributed by atoms with E-state index in [1.807, 2.05) is 33.2 Å². The largest absolute Gasteiger partial charge is 0.378 e. The van der Waals surface area contributed by atoms with E-state index in [4.69, 9.17) is 5.73 Å². The lowest BCUT2D eigenvalue weighted by molar-refractivity contribution is 1.04. The number of thiocarbonyl (C=S) groups is 1. The highest BCUT2D eigenvalue weighted by molar-refractivity contribution is 7.80. The molecule has 0 saturated heterocycles. The summed E-state index contributed by atoms with van der Waals surface area (Å²) in [5.74, 6) is 0. The molecule has 0 aliphatic carbocycles. The van der Waals surface area contributed by atoms with Crippen LogP contribution in [-0.2, 0) is 0 Å². The van der Waals surface area contributed by atoms with Crippen molar-refractivity contribution in [2.75, 3.05) is 19.0 Å². The van der Waals surface area contributed by atoms with Crippen LogP contribution in [0.15, 0.2) is 23.3 Å². The van der Waals surface area contributed by atoms with E-state index in [1.54, 1.807) is 6.21 Å². The van der Waals surface area contributed by atoms with Gasteiger partial charge in [0, 0.05) is 19.8 Å². The Morgan fingerprint density at radius 3 is 2.69 bits per heavy atom. The summed E-state index contributed by atoms with van der Waals surface area (Å²) in [6, 6.07) is 6.15. The first-order valence-corrected chi connectivity index (χ1v) is 5.28. The van der Waals surface area contributed by atoms with Gasteiger partial charge in [-0.05, 0) is 42.4 Å². The molecule has 0 aromatic heterocycles. The zero-order chi connectivity index (χ0) is 12.1. The van der Waals surface area contributed by atoms with Crippen LogP contribution in [0.3, 0.4) is 0 Å². The molecule has 16 heavy (non-hydrogen) atoms. The second-order valence-corrected chi connectivity index (χ2v) is 4.11. The first-order chi connectivity index (χ1) is 7.50. The molecule has 0 amide bonds. The smallest absolute Gasteiger partial charge is 0.184 e. The summed E-state index contributed by atoms with van der Waals surface area (Å²) in [4.78, 5) is 2.06. The van der Waals surface area contributed by atoms with Gasteiger partial charge in [0.05, 0.1) is 6.21 Å². The summed E-state index contributed by atoms with van der Waals surface area (Å²) < 4.78 is 0. The third-order valence-corrected chi connectivity index (χ3v) is 2.24.